The lowest BCUT2D eigenvalue weighted by Crippen LogP contribution is -2.41. The van der Waals surface area contributed by atoms with Crippen molar-refractivity contribution in [1.29, 1.82) is 0 Å². The molecule has 6 atom stereocenters. The van der Waals surface area contributed by atoms with Crippen LogP contribution in [0.25, 0.3) is 0 Å². The molecule has 0 heterocycles. The van der Waals surface area contributed by atoms with Gasteiger partial charge < -0.3 is 5.11 Å². The van der Waals surface area contributed by atoms with Gasteiger partial charge in [-0.3, -0.25) is 0 Å². The molecule has 0 aromatic heterocycles. The third-order valence-corrected chi connectivity index (χ3v) is 7.05. The molecule has 1 nitrogen and oxygen atoms in total. The molecule has 0 radical (unpaired) electrons. The Bertz CT molecular complexity index is 335. The first-order chi connectivity index (χ1) is 8.42. The Morgan fingerprint density at radius 1 is 1.17 bits per heavy atom. The Balaban J connectivity index is 2.02. The molecule has 3 fully saturated rings. The summed E-state index contributed by atoms with van der Waals surface area (Å²) < 4.78 is 0. The van der Waals surface area contributed by atoms with E-state index in [9.17, 15) is 5.11 Å². The van der Waals surface area contributed by atoms with Crippen molar-refractivity contribution in [3.63, 3.8) is 0 Å². The van der Waals surface area contributed by atoms with Gasteiger partial charge in [0, 0.05) is 0 Å². The molecule has 104 valence electrons. The van der Waals surface area contributed by atoms with E-state index in [1.807, 2.05) is 0 Å². The minimum Gasteiger partial charge on any atom is -0.393 e. The van der Waals surface area contributed by atoms with Crippen molar-refractivity contribution in [2.75, 3.05) is 0 Å². The van der Waals surface area contributed by atoms with Crippen molar-refractivity contribution in [2.45, 2.75) is 72.3 Å². The van der Waals surface area contributed by atoms with Gasteiger partial charge in [0.25, 0.3) is 0 Å². The van der Waals surface area contributed by atoms with E-state index in [4.69, 9.17) is 0 Å². The molecule has 0 aromatic carbocycles. The fraction of sp³-hybridized carbons (Fsp3) is 1.00. The van der Waals surface area contributed by atoms with Gasteiger partial charge in [-0.05, 0) is 66.6 Å². The predicted molar refractivity (Wildman–Crippen MR) is 75.2 cm³/mol. The number of aliphatic hydroxyl groups is 1. The van der Waals surface area contributed by atoms with Crippen LogP contribution >= 0.6 is 0 Å². The summed E-state index contributed by atoms with van der Waals surface area (Å²) in [5.74, 6) is 3.18. The largest absolute Gasteiger partial charge is 0.393 e. The zero-order valence-corrected chi connectivity index (χ0v) is 12.6. The van der Waals surface area contributed by atoms with Crippen LogP contribution < -0.4 is 0 Å². The van der Waals surface area contributed by atoms with Gasteiger partial charge in [0.1, 0.15) is 0 Å². The third-order valence-electron chi connectivity index (χ3n) is 7.05. The zero-order chi connectivity index (χ0) is 13.1. The lowest BCUT2D eigenvalue weighted by Gasteiger charge is -2.44. The molecule has 0 spiro atoms. The Morgan fingerprint density at radius 3 is 2.56 bits per heavy atom. The predicted octanol–water partition coefficient (Wildman–Crippen LogP) is 4.25. The van der Waals surface area contributed by atoms with E-state index in [1.165, 1.54) is 32.1 Å². The van der Waals surface area contributed by atoms with Crippen LogP contribution in [0.15, 0.2) is 0 Å². The highest BCUT2D eigenvalue weighted by atomic mass is 16.3. The SMILES string of the molecule is CC[C@@H](O)[C@H]1[C@H]2CC[C@@H]3[C@H]2C(C)(C)CCC[C@]13C. The van der Waals surface area contributed by atoms with Crippen LogP contribution in [-0.2, 0) is 0 Å². The molecule has 0 aromatic rings. The van der Waals surface area contributed by atoms with Crippen LogP contribution in [0.3, 0.4) is 0 Å². The summed E-state index contributed by atoms with van der Waals surface area (Å²) in [5.41, 5.74) is 0.947. The van der Waals surface area contributed by atoms with Crippen LogP contribution in [0.5, 0.6) is 0 Å². The van der Waals surface area contributed by atoms with Crippen molar-refractivity contribution in [3.05, 3.63) is 0 Å². The standard InChI is InChI=1S/C17H30O/c1-5-13(18)15-11-7-8-12-14(11)16(2,3)9-6-10-17(12,15)4/h11-15,18H,5-10H2,1-4H3/t11-,12+,13+,14-,15+,17-/m0/s1. The van der Waals surface area contributed by atoms with Gasteiger partial charge in [-0.2, -0.15) is 0 Å². The highest BCUT2D eigenvalue weighted by molar-refractivity contribution is 5.14. The summed E-state index contributed by atoms with van der Waals surface area (Å²) in [4.78, 5) is 0. The van der Waals surface area contributed by atoms with Gasteiger partial charge in [-0.15, -0.1) is 0 Å². The Kier molecular flexibility index (Phi) is 2.86. The van der Waals surface area contributed by atoms with Crippen LogP contribution in [-0.4, -0.2) is 11.2 Å². The minimum atomic E-state index is -0.0540. The lowest BCUT2D eigenvalue weighted by molar-refractivity contribution is -0.0226. The monoisotopic (exact) mass is 250 g/mol. The Hall–Kier alpha value is -0.0400. The molecule has 0 saturated heterocycles. The normalized spacial score (nSPS) is 51.2. The topological polar surface area (TPSA) is 20.2 Å². The number of hydrogen-bond donors (Lipinski definition) is 1. The van der Waals surface area contributed by atoms with Crippen LogP contribution in [0.4, 0.5) is 0 Å². The molecular weight excluding hydrogens is 220 g/mol. The highest BCUT2D eigenvalue weighted by Gasteiger charge is 2.65. The third kappa shape index (κ3) is 1.49. The second kappa shape index (κ2) is 3.98. The van der Waals surface area contributed by atoms with Crippen LogP contribution in [0, 0.1) is 34.5 Å². The Labute approximate surface area is 112 Å². The van der Waals surface area contributed by atoms with Gasteiger partial charge in [0.15, 0.2) is 0 Å². The molecule has 4 bridgehead atoms. The first-order valence-corrected chi connectivity index (χ1v) is 8.10. The summed E-state index contributed by atoms with van der Waals surface area (Å²) in [5, 5.41) is 10.6. The van der Waals surface area contributed by atoms with E-state index in [0.717, 1.165) is 24.2 Å². The van der Waals surface area contributed by atoms with Crippen molar-refractivity contribution in [3.8, 4) is 0 Å². The van der Waals surface area contributed by atoms with Gasteiger partial charge in [0.05, 0.1) is 6.10 Å². The van der Waals surface area contributed by atoms with Crippen molar-refractivity contribution >= 4 is 0 Å². The summed E-state index contributed by atoms with van der Waals surface area (Å²) in [6, 6.07) is 0. The number of aliphatic hydroxyl groups excluding tert-OH is 1. The molecule has 1 N–H and O–H groups in total. The van der Waals surface area contributed by atoms with Crippen molar-refractivity contribution < 1.29 is 5.11 Å². The number of hydrogen-bond acceptors (Lipinski definition) is 1. The summed E-state index contributed by atoms with van der Waals surface area (Å²) >= 11 is 0. The van der Waals surface area contributed by atoms with E-state index in [1.54, 1.807) is 0 Å². The van der Waals surface area contributed by atoms with E-state index in [2.05, 4.69) is 27.7 Å². The molecule has 3 rings (SSSR count). The van der Waals surface area contributed by atoms with Crippen molar-refractivity contribution in [2.24, 2.45) is 34.5 Å². The summed E-state index contributed by atoms with van der Waals surface area (Å²) in [6.45, 7) is 9.66. The fourth-order valence-corrected chi connectivity index (χ4v) is 6.46. The maximum atomic E-state index is 10.6. The molecule has 0 amide bonds. The van der Waals surface area contributed by atoms with E-state index in [0.29, 0.717) is 16.7 Å². The molecule has 0 unspecified atom stereocenters. The highest BCUT2D eigenvalue weighted by Crippen LogP contribution is 2.71. The minimum absolute atomic E-state index is 0.0540. The van der Waals surface area contributed by atoms with Crippen LogP contribution in [0.2, 0.25) is 0 Å². The average Bonchev–Trinajstić information content (AvgIpc) is 2.79. The maximum absolute atomic E-state index is 10.6. The van der Waals surface area contributed by atoms with Crippen molar-refractivity contribution in [1.82, 2.24) is 0 Å². The first-order valence-electron chi connectivity index (χ1n) is 8.10. The maximum Gasteiger partial charge on any atom is 0.0573 e. The fourth-order valence-electron chi connectivity index (χ4n) is 6.46. The second-order valence-corrected chi connectivity index (χ2v) is 8.22. The van der Waals surface area contributed by atoms with Gasteiger partial charge in [-0.25, -0.2) is 0 Å². The van der Waals surface area contributed by atoms with E-state index < -0.39 is 0 Å². The summed E-state index contributed by atoms with van der Waals surface area (Å²) in [7, 11) is 0. The van der Waals surface area contributed by atoms with E-state index in [-0.39, 0.29) is 6.10 Å². The van der Waals surface area contributed by atoms with Gasteiger partial charge >= 0.3 is 0 Å². The zero-order valence-electron chi connectivity index (χ0n) is 12.6. The molecule has 3 saturated carbocycles. The molecule has 3 aliphatic carbocycles. The lowest BCUT2D eigenvalue weighted by atomic mass is 9.62. The average molecular weight is 250 g/mol. The van der Waals surface area contributed by atoms with Gasteiger partial charge in [-0.1, -0.05) is 34.1 Å². The molecular formula is C17H30O. The first kappa shape index (κ1) is 13.0. The Morgan fingerprint density at radius 2 is 1.89 bits per heavy atom. The second-order valence-electron chi connectivity index (χ2n) is 8.22. The van der Waals surface area contributed by atoms with Crippen LogP contribution in [0.1, 0.15) is 66.2 Å². The number of rotatable bonds is 2. The molecule has 1 heteroatoms. The molecule has 3 aliphatic rings. The summed E-state index contributed by atoms with van der Waals surface area (Å²) in [6.07, 6.45) is 7.83. The van der Waals surface area contributed by atoms with E-state index >= 15 is 0 Å². The quantitative estimate of drug-likeness (QED) is 0.777. The molecule has 18 heavy (non-hydrogen) atoms. The van der Waals surface area contributed by atoms with Gasteiger partial charge in [0.2, 0.25) is 0 Å². The molecule has 0 aliphatic heterocycles. The smallest absolute Gasteiger partial charge is 0.0573 e.